The smallest absolute Gasteiger partial charge is 0.344 e. The molecule has 0 aliphatic heterocycles. The highest BCUT2D eigenvalue weighted by molar-refractivity contribution is 5.72. The summed E-state index contributed by atoms with van der Waals surface area (Å²) in [5.74, 6) is -0.799. The lowest BCUT2D eigenvalue weighted by Gasteiger charge is -2.16. The van der Waals surface area contributed by atoms with Crippen molar-refractivity contribution in [3.05, 3.63) is 33.4 Å². The lowest BCUT2D eigenvalue weighted by atomic mass is 10.1. The zero-order valence-electron chi connectivity index (χ0n) is 11.9. The van der Waals surface area contributed by atoms with Crippen LogP contribution in [-0.2, 0) is 4.79 Å². The summed E-state index contributed by atoms with van der Waals surface area (Å²) in [5.41, 5.74) is 1.15. The summed E-state index contributed by atoms with van der Waals surface area (Å²) in [6.07, 6.45) is 0.993. The van der Waals surface area contributed by atoms with Crippen molar-refractivity contribution >= 4 is 11.7 Å². The number of aliphatic carboxylic acids is 1. The number of hydrogen-bond donors (Lipinski definition) is 1. The van der Waals surface area contributed by atoms with E-state index in [1.54, 1.807) is 19.9 Å². The quantitative estimate of drug-likeness (QED) is 0.612. The second-order valence-electron chi connectivity index (χ2n) is 4.75. The van der Waals surface area contributed by atoms with Gasteiger partial charge in [0.25, 0.3) is 5.69 Å². The molecule has 0 saturated heterocycles. The van der Waals surface area contributed by atoms with Crippen LogP contribution in [0.1, 0.15) is 37.3 Å². The van der Waals surface area contributed by atoms with Crippen molar-refractivity contribution < 1.29 is 19.6 Å². The fraction of sp³-hybridized carbons (Fsp3) is 0.500. The van der Waals surface area contributed by atoms with Crippen LogP contribution in [0.2, 0.25) is 0 Å². The van der Waals surface area contributed by atoms with E-state index in [1.807, 2.05) is 6.92 Å². The van der Waals surface area contributed by atoms with Gasteiger partial charge in [0, 0.05) is 5.56 Å². The van der Waals surface area contributed by atoms with E-state index in [2.05, 4.69) is 0 Å². The van der Waals surface area contributed by atoms with Crippen LogP contribution in [0.15, 0.2) is 12.1 Å². The van der Waals surface area contributed by atoms with Crippen molar-refractivity contribution in [1.29, 1.82) is 0 Å². The number of nitro benzene ring substituents is 1. The largest absolute Gasteiger partial charge is 0.479 e. The van der Waals surface area contributed by atoms with E-state index in [9.17, 15) is 14.9 Å². The topological polar surface area (TPSA) is 89.7 Å². The van der Waals surface area contributed by atoms with Crippen molar-refractivity contribution in [2.24, 2.45) is 0 Å². The van der Waals surface area contributed by atoms with Crippen LogP contribution in [0.3, 0.4) is 0 Å². The van der Waals surface area contributed by atoms with E-state index >= 15 is 0 Å². The van der Waals surface area contributed by atoms with Crippen molar-refractivity contribution in [2.45, 2.75) is 46.1 Å². The minimum Gasteiger partial charge on any atom is -0.479 e. The van der Waals surface area contributed by atoms with Gasteiger partial charge in [-0.05, 0) is 38.3 Å². The number of nitrogens with zero attached hydrogens (tertiary/aromatic N) is 1. The highest BCUT2D eigenvalue weighted by Gasteiger charge is 2.22. The number of rotatable bonds is 7. The number of unbranched alkanes of at least 4 members (excludes halogenated alkanes) is 1. The fourth-order valence-electron chi connectivity index (χ4n) is 1.92. The van der Waals surface area contributed by atoms with Gasteiger partial charge in [0.15, 0.2) is 6.10 Å². The summed E-state index contributed by atoms with van der Waals surface area (Å²) in [6, 6.07) is 2.93. The molecule has 0 amide bonds. The molecule has 0 aromatic heterocycles. The second-order valence-corrected chi connectivity index (χ2v) is 4.75. The molecule has 0 spiro atoms. The van der Waals surface area contributed by atoms with E-state index in [-0.39, 0.29) is 11.4 Å². The monoisotopic (exact) mass is 281 g/mol. The van der Waals surface area contributed by atoms with Gasteiger partial charge in [-0.25, -0.2) is 4.79 Å². The first-order chi connectivity index (χ1) is 9.36. The summed E-state index contributed by atoms with van der Waals surface area (Å²) in [6.45, 7) is 5.34. The number of hydrogen-bond acceptors (Lipinski definition) is 4. The number of benzene rings is 1. The zero-order valence-corrected chi connectivity index (χ0v) is 11.9. The molecule has 0 fully saturated rings. The second kappa shape index (κ2) is 6.88. The summed E-state index contributed by atoms with van der Waals surface area (Å²) in [5, 5.41) is 20.0. The molecule has 1 aromatic rings. The molecule has 1 unspecified atom stereocenters. The fourth-order valence-corrected chi connectivity index (χ4v) is 1.92. The molecule has 0 aliphatic rings. The maximum absolute atomic E-state index is 11.1. The Morgan fingerprint density at radius 3 is 2.55 bits per heavy atom. The van der Waals surface area contributed by atoms with Crippen molar-refractivity contribution in [1.82, 2.24) is 0 Å². The Kier molecular flexibility index (Phi) is 5.49. The Labute approximate surface area is 117 Å². The van der Waals surface area contributed by atoms with Crippen LogP contribution in [0.25, 0.3) is 0 Å². The Morgan fingerprint density at radius 2 is 2.05 bits per heavy atom. The molecular weight excluding hydrogens is 262 g/mol. The normalized spacial score (nSPS) is 11.9. The SMILES string of the molecule is CCCCC(Oc1cc([N+](=O)[O-])c(C)cc1C)C(=O)O. The lowest BCUT2D eigenvalue weighted by molar-refractivity contribution is -0.385. The Hall–Kier alpha value is -2.11. The van der Waals surface area contributed by atoms with Gasteiger partial charge >= 0.3 is 5.97 Å². The van der Waals surface area contributed by atoms with Crippen LogP contribution < -0.4 is 4.74 Å². The van der Waals surface area contributed by atoms with Gasteiger partial charge < -0.3 is 9.84 Å². The highest BCUT2D eigenvalue weighted by atomic mass is 16.6. The molecule has 0 bridgehead atoms. The third-order valence-corrected chi connectivity index (χ3v) is 3.05. The lowest BCUT2D eigenvalue weighted by Crippen LogP contribution is -2.27. The molecule has 6 nitrogen and oxygen atoms in total. The van der Waals surface area contributed by atoms with E-state index in [4.69, 9.17) is 9.84 Å². The van der Waals surface area contributed by atoms with Gasteiger partial charge in [-0.1, -0.05) is 13.3 Å². The summed E-state index contributed by atoms with van der Waals surface area (Å²) in [4.78, 5) is 21.6. The molecule has 1 aromatic carbocycles. The third kappa shape index (κ3) is 3.94. The number of aryl methyl sites for hydroxylation is 2. The molecule has 1 N–H and O–H groups in total. The summed E-state index contributed by atoms with van der Waals surface area (Å²) < 4.78 is 5.45. The number of carbonyl (C=O) groups is 1. The summed E-state index contributed by atoms with van der Waals surface area (Å²) >= 11 is 0. The maximum Gasteiger partial charge on any atom is 0.344 e. The van der Waals surface area contributed by atoms with Crippen LogP contribution in [0.5, 0.6) is 5.75 Å². The van der Waals surface area contributed by atoms with E-state index in [0.717, 1.165) is 12.8 Å². The molecule has 6 heteroatoms. The number of nitro groups is 1. The molecular formula is C14H19NO5. The first-order valence-electron chi connectivity index (χ1n) is 6.52. The number of carboxylic acid groups (broad SMARTS) is 1. The predicted octanol–water partition coefficient (Wildman–Crippen LogP) is 3.23. The molecule has 1 rings (SSSR count). The highest BCUT2D eigenvalue weighted by Crippen LogP contribution is 2.29. The van der Waals surface area contributed by atoms with Crippen molar-refractivity contribution in [3.63, 3.8) is 0 Å². The molecule has 1 atom stereocenters. The van der Waals surface area contributed by atoms with Gasteiger partial charge in [0.2, 0.25) is 0 Å². The molecule has 20 heavy (non-hydrogen) atoms. The minimum absolute atomic E-state index is 0.0646. The predicted molar refractivity (Wildman–Crippen MR) is 74.1 cm³/mol. The zero-order chi connectivity index (χ0) is 15.3. The van der Waals surface area contributed by atoms with E-state index < -0.39 is 17.0 Å². The standard InChI is InChI=1S/C14H19NO5/c1-4-5-6-12(14(16)17)20-13-8-11(15(18)19)9(2)7-10(13)3/h7-8,12H,4-6H2,1-3H3,(H,16,17). The molecule has 0 radical (unpaired) electrons. The first kappa shape index (κ1) is 15.9. The molecule has 0 saturated carbocycles. The maximum atomic E-state index is 11.1. The Morgan fingerprint density at radius 1 is 1.40 bits per heavy atom. The van der Waals surface area contributed by atoms with Crippen molar-refractivity contribution in [3.8, 4) is 5.75 Å². The van der Waals surface area contributed by atoms with Crippen LogP contribution >= 0.6 is 0 Å². The number of carboxylic acids is 1. The van der Waals surface area contributed by atoms with E-state index in [1.165, 1.54) is 6.07 Å². The third-order valence-electron chi connectivity index (χ3n) is 3.05. The average molecular weight is 281 g/mol. The number of ether oxygens (including phenoxy) is 1. The Balaban J connectivity index is 3.03. The van der Waals surface area contributed by atoms with Crippen LogP contribution in [0, 0.1) is 24.0 Å². The summed E-state index contributed by atoms with van der Waals surface area (Å²) in [7, 11) is 0. The van der Waals surface area contributed by atoms with Gasteiger partial charge in [-0.2, -0.15) is 0 Å². The van der Waals surface area contributed by atoms with Crippen LogP contribution in [-0.4, -0.2) is 22.1 Å². The van der Waals surface area contributed by atoms with Crippen molar-refractivity contribution in [2.75, 3.05) is 0 Å². The van der Waals surface area contributed by atoms with Gasteiger partial charge in [0.1, 0.15) is 5.75 Å². The van der Waals surface area contributed by atoms with E-state index in [0.29, 0.717) is 17.5 Å². The minimum atomic E-state index is -1.05. The van der Waals surface area contributed by atoms with Gasteiger partial charge in [0.05, 0.1) is 11.0 Å². The Bertz CT molecular complexity index is 513. The molecule has 0 aliphatic carbocycles. The van der Waals surface area contributed by atoms with Crippen LogP contribution in [0.4, 0.5) is 5.69 Å². The molecule has 0 heterocycles. The molecule has 110 valence electrons. The first-order valence-corrected chi connectivity index (χ1v) is 6.52. The van der Waals surface area contributed by atoms with Gasteiger partial charge in [-0.3, -0.25) is 10.1 Å². The average Bonchev–Trinajstić information content (AvgIpc) is 2.35. The van der Waals surface area contributed by atoms with Gasteiger partial charge in [-0.15, -0.1) is 0 Å².